The first-order chi connectivity index (χ1) is 15.3. The van der Waals surface area contributed by atoms with Gasteiger partial charge in [-0.1, -0.05) is 41.6 Å². The van der Waals surface area contributed by atoms with E-state index in [0.29, 0.717) is 5.65 Å². The fraction of sp³-hybridized carbons (Fsp3) is 0.227. The number of fused-ring (bicyclic) bond motifs is 2. The van der Waals surface area contributed by atoms with Gasteiger partial charge in [0, 0.05) is 12.2 Å². The summed E-state index contributed by atoms with van der Waals surface area (Å²) in [5.41, 5.74) is 12.0. The molecule has 1 saturated heterocycles. The Bertz CT molecular complexity index is 1390. The lowest BCUT2D eigenvalue weighted by Gasteiger charge is -2.22. The van der Waals surface area contributed by atoms with Gasteiger partial charge in [0.05, 0.1) is 16.8 Å². The molecule has 1 aliphatic heterocycles. The first-order valence-electron chi connectivity index (χ1n) is 10.3. The molecule has 0 radical (unpaired) electrons. The van der Waals surface area contributed by atoms with E-state index in [1.165, 1.54) is 6.33 Å². The summed E-state index contributed by atoms with van der Waals surface area (Å²) in [6.45, 7) is 0.756. The minimum Gasteiger partial charge on any atom is -0.368 e. The van der Waals surface area contributed by atoms with E-state index >= 15 is 0 Å². The van der Waals surface area contributed by atoms with E-state index in [9.17, 15) is 0 Å². The van der Waals surface area contributed by atoms with Crippen LogP contribution in [0.25, 0.3) is 39.1 Å². The van der Waals surface area contributed by atoms with E-state index in [2.05, 4.69) is 25.4 Å². The maximum Gasteiger partial charge on any atom is 0.223 e. The highest BCUT2D eigenvalue weighted by Gasteiger charge is 2.22. The standard InChI is InChI=1S/C22H20N8O/c23-22-26-20(14-6-2-1-3-7-14)19(21-24-13-25-30(21)22)15-9-10-17-16(12-15)27-28-29(17)18-8-4-5-11-31-18/h1-3,6-7,9-10,12-13,18H,4-5,8,11H2,(H2,23,26). The number of nitrogens with zero attached hydrogens (tertiary/aromatic N) is 7. The Morgan fingerprint density at radius 1 is 1.03 bits per heavy atom. The molecule has 2 N–H and O–H groups in total. The van der Waals surface area contributed by atoms with Gasteiger partial charge in [0.15, 0.2) is 11.9 Å². The lowest BCUT2D eigenvalue weighted by Crippen LogP contribution is -2.19. The zero-order chi connectivity index (χ0) is 20.8. The van der Waals surface area contributed by atoms with Crippen LogP contribution in [0.4, 0.5) is 5.95 Å². The number of hydrogen-bond acceptors (Lipinski definition) is 7. The molecule has 1 unspecified atom stereocenters. The highest BCUT2D eigenvalue weighted by atomic mass is 16.5. The number of nitrogen functional groups attached to an aromatic ring is 1. The fourth-order valence-corrected chi connectivity index (χ4v) is 4.20. The first kappa shape index (κ1) is 18.0. The minimum absolute atomic E-state index is 0.0640. The molecule has 0 aliphatic carbocycles. The lowest BCUT2D eigenvalue weighted by atomic mass is 9.99. The molecule has 1 atom stereocenters. The van der Waals surface area contributed by atoms with Crippen LogP contribution in [0.5, 0.6) is 0 Å². The number of anilines is 1. The number of benzene rings is 2. The van der Waals surface area contributed by atoms with Crippen molar-refractivity contribution in [3.63, 3.8) is 0 Å². The molecular formula is C22H20N8O. The summed E-state index contributed by atoms with van der Waals surface area (Å²) in [5.74, 6) is 0.288. The van der Waals surface area contributed by atoms with Crippen molar-refractivity contribution in [3.05, 3.63) is 54.9 Å². The van der Waals surface area contributed by atoms with E-state index in [1.54, 1.807) is 4.52 Å². The molecule has 6 rings (SSSR count). The summed E-state index contributed by atoms with van der Waals surface area (Å²) in [7, 11) is 0. The van der Waals surface area contributed by atoms with Gasteiger partial charge >= 0.3 is 0 Å². The Balaban J connectivity index is 1.55. The Kier molecular flexibility index (Phi) is 4.13. The fourth-order valence-electron chi connectivity index (χ4n) is 4.20. The number of ether oxygens (including phenoxy) is 1. The molecule has 154 valence electrons. The summed E-state index contributed by atoms with van der Waals surface area (Å²) in [6.07, 6.45) is 4.59. The summed E-state index contributed by atoms with van der Waals surface area (Å²) in [5, 5.41) is 13.0. The molecule has 31 heavy (non-hydrogen) atoms. The number of aromatic nitrogens is 7. The van der Waals surface area contributed by atoms with Gasteiger partial charge in [-0.2, -0.15) is 9.61 Å². The minimum atomic E-state index is -0.0640. The maximum absolute atomic E-state index is 6.17. The average Bonchev–Trinajstić information content (AvgIpc) is 3.47. The van der Waals surface area contributed by atoms with Crippen LogP contribution in [0, 0.1) is 0 Å². The van der Waals surface area contributed by atoms with Crippen LogP contribution in [0.15, 0.2) is 54.9 Å². The Labute approximate surface area is 177 Å². The SMILES string of the molecule is Nc1nc(-c2ccccc2)c(-c2ccc3c(c2)nnn3C2CCCCO2)c2ncnn12. The van der Waals surface area contributed by atoms with Gasteiger partial charge < -0.3 is 10.5 Å². The van der Waals surface area contributed by atoms with Crippen LogP contribution in [-0.4, -0.2) is 41.2 Å². The van der Waals surface area contributed by atoms with Gasteiger partial charge in [-0.3, -0.25) is 0 Å². The van der Waals surface area contributed by atoms with Crippen molar-refractivity contribution in [1.29, 1.82) is 0 Å². The van der Waals surface area contributed by atoms with Gasteiger partial charge in [-0.05, 0) is 37.0 Å². The van der Waals surface area contributed by atoms with Crippen molar-refractivity contribution in [2.45, 2.75) is 25.5 Å². The van der Waals surface area contributed by atoms with E-state index < -0.39 is 0 Å². The van der Waals surface area contributed by atoms with Crippen LogP contribution in [0.3, 0.4) is 0 Å². The molecule has 3 aromatic heterocycles. The summed E-state index contributed by atoms with van der Waals surface area (Å²) >= 11 is 0. The van der Waals surface area contributed by atoms with Crippen molar-refractivity contribution in [3.8, 4) is 22.4 Å². The van der Waals surface area contributed by atoms with Gasteiger partial charge in [-0.25, -0.2) is 14.6 Å². The third-order valence-corrected chi connectivity index (χ3v) is 5.69. The Hall–Kier alpha value is -3.85. The predicted octanol–water partition coefficient (Wildman–Crippen LogP) is 3.48. The quantitative estimate of drug-likeness (QED) is 0.483. The first-order valence-corrected chi connectivity index (χ1v) is 10.3. The van der Waals surface area contributed by atoms with Gasteiger partial charge in [0.2, 0.25) is 5.95 Å². The Morgan fingerprint density at radius 2 is 1.94 bits per heavy atom. The number of hydrogen-bond donors (Lipinski definition) is 1. The van der Waals surface area contributed by atoms with Crippen molar-refractivity contribution in [2.75, 3.05) is 12.3 Å². The van der Waals surface area contributed by atoms with Crippen LogP contribution in [0.1, 0.15) is 25.5 Å². The van der Waals surface area contributed by atoms with Crippen molar-refractivity contribution in [1.82, 2.24) is 34.6 Å². The smallest absolute Gasteiger partial charge is 0.223 e. The highest BCUT2D eigenvalue weighted by molar-refractivity contribution is 5.93. The molecule has 0 amide bonds. The topological polar surface area (TPSA) is 109 Å². The third-order valence-electron chi connectivity index (χ3n) is 5.69. The zero-order valence-electron chi connectivity index (χ0n) is 16.7. The van der Waals surface area contributed by atoms with Crippen molar-refractivity contribution in [2.24, 2.45) is 0 Å². The van der Waals surface area contributed by atoms with E-state index in [4.69, 9.17) is 10.5 Å². The summed E-state index contributed by atoms with van der Waals surface area (Å²) in [4.78, 5) is 9.13. The van der Waals surface area contributed by atoms with Gasteiger partial charge in [-0.15, -0.1) is 5.10 Å². The van der Waals surface area contributed by atoms with Crippen LogP contribution in [-0.2, 0) is 4.74 Å². The second-order valence-corrected chi connectivity index (χ2v) is 7.61. The van der Waals surface area contributed by atoms with E-state index in [-0.39, 0.29) is 12.2 Å². The van der Waals surface area contributed by atoms with Crippen molar-refractivity contribution < 1.29 is 4.74 Å². The lowest BCUT2D eigenvalue weighted by molar-refractivity contribution is -0.0377. The van der Waals surface area contributed by atoms with Gasteiger partial charge in [0.1, 0.15) is 11.8 Å². The van der Waals surface area contributed by atoms with Crippen LogP contribution in [0.2, 0.25) is 0 Å². The monoisotopic (exact) mass is 412 g/mol. The molecule has 9 heteroatoms. The molecule has 0 saturated carbocycles. The molecule has 5 aromatic rings. The molecule has 1 fully saturated rings. The second kappa shape index (κ2) is 7.13. The predicted molar refractivity (Wildman–Crippen MR) is 116 cm³/mol. The second-order valence-electron chi connectivity index (χ2n) is 7.61. The largest absolute Gasteiger partial charge is 0.368 e. The molecular weight excluding hydrogens is 392 g/mol. The van der Waals surface area contributed by atoms with Gasteiger partial charge in [0.25, 0.3) is 0 Å². The van der Waals surface area contributed by atoms with Crippen molar-refractivity contribution >= 4 is 22.6 Å². The summed E-state index contributed by atoms with van der Waals surface area (Å²) in [6, 6.07) is 16.0. The number of nitrogens with two attached hydrogens (primary N) is 1. The third kappa shape index (κ3) is 2.93. The number of rotatable bonds is 3. The highest BCUT2D eigenvalue weighted by Crippen LogP contribution is 2.36. The molecule has 0 spiro atoms. The molecule has 9 nitrogen and oxygen atoms in total. The van der Waals surface area contributed by atoms with Crippen LogP contribution < -0.4 is 5.73 Å². The zero-order valence-corrected chi connectivity index (χ0v) is 16.7. The maximum atomic E-state index is 6.17. The molecule has 1 aliphatic rings. The molecule has 4 heterocycles. The van der Waals surface area contributed by atoms with E-state index in [0.717, 1.165) is 59.3 Å². The Morgan fingerprint density at radius 3 is 2.77 bits per heavy atom. The van der Waals surface area contributed by atoms with E-state index in [1.807, 2.05) is 53.2 Å². The molecule has 0 bridgehead atoms. The normalized spacial score (nSPS) is 16.8. The summed E-state index contributed by atoms with van der Waals surface area (Å²) < 4.78 is 9.33. The average molecular weight is 412 g/mol. The van der Waals surface area contributed by atoms with Crippen LogP contribution >= 0.6 is 0 Å². The molecule has 2 aromatic carbocycles.